The van der Waals surface area contributed by atoms with Gasteiger partial charge in [0.2, 0.25) is 0 Å². The van der Waals surface area contributed by atoms with Crippen molar-refractivity contribution in [3.8, 4) is 5.75 Å². The molecule has 0 saturated carbocycles. The molecule has 0 amide bonds. The number of rotatable bonds is 6. The summed E-state index contributed by atoms with van der Waals surface area (Å²) < 4.78 is 10.5. The monoisotopic (exact) mass is 256 g/mol. The summed E-state index contributed by atoms with van der Waals surface area (Å²) in [5.41, 5.74) is 0. The van der Waals surface area contributed by atoms with E-state index in [0.717, 1.165) is 12.8 Å². The molecule has 0 aliphatic carbocycles. The summed E-state index contributed by atoms with van der Waals surface area (Å²) in [5.74, 6) is 0.266. The highest BCUT2D eigenvalue weighted by molar-refractivity contribution is 6.30. The van der Waals surface area contributed by atoms with Crippen LogP contribution in [0, 0.1) is 0 Å². The highest BCUT2D eigenvalue weighted by Gasteiger charge is 2.15. The smallest absolute Gasteiger partial charge is 0.347 e. The molecule has 0 radical (unpaired) electrons. The highest BCUT2D eigenvalue weighted by atomic mass is 35.5. The van der Waals surface area contributed by atoms with E-state index < -0.39 is 6.10 Å². The quantitative estimate of drug-likeness (QED) is 0.578. The van der Waals surface area contributed by atoms with E-state index in [-0.39, 0.29) is 5.97 Å². The zero-order chi connectivity index (χ0) is 12.7. The van der Waals surface area contributed by atoms with Crippen molar-refractivity contribution in [1.82, 2.24) is 0 Å². The fourth-order valence-electron chi connectivity index (χ4n) is 1.20. The number of halogens is 1. The number of ether oxygens (including phenoxy) is 2. The SMILES string of the molecule is CCCCOC(=O)[C@H](C)Oc1ccc(Cl)cc1. The Morgan fingerprint density at radius 1 is 1.35 bits per heavy atom. The number of esters is 1. The molecule has 1 rings (SSSR count). The Morgan fingerprint density at radius 2 is 2.00 bits per heavy atom. The molecule has 1 aromatic rings. The molecular weight excluding hydrogens is 240 g/mol. The Hall–Kier alpha value is -1.22. The van der Waals surface area contributed by atoms with Gasteiger partial charge in [0.05, 0.1) is 6.61 Å². The third kappa shape index (κ3) is 5.09. The number of hydrogen-bond acceptors (Lipinski definition) is 3. The lowest BCUT2D eigenvalue weighted by Crippen LogP contribution is -2.26. The van der Waals surface area contributed by atoms with Gasteiger partial charge in [-0.2, -0.15) is 0 Å². The van der Waals surface area contributed by atoms with E-state index in [1.54, 1.807) is 31.2 Å². The van der Waals surface area contributed by atoms with E-state index in [1.807, 2.05) is 6.92 Å². The number of carbonyl (C=O) groups excluding carboxylic acids is 1. The Bertz CT molecular complexity index is 348. The zero-order valence-corrected chi connectivity index (χ0v) is 10.9. The van der Waals surface area contributed by atoms with Crippen LogP contribution in [0.5, 0.6) is 5.75 Å². The van der Waals surface area contributed by atoms with E-state index in [0.29, 0.717) is 17.4 Å². The van der Waals surface area contributed by atoms with Crippen molar-refractivity contribution < 1.29 is 14.3 Å². The maximum atomic E-state index is 11.5. The summed E-state index contributed by atoms with van der Waals surface area (Å²) in [4.78, 5) is 11.5. The van der Waals surface area contributed by atoms with Crippen LogP contribution in [-0.4, -0.2) is 18.7 Å². The summed E-state index contributed by atoms with van der Waals surface area (Å²) in [6.07, 6.45) is 1.27. The van der Waals surface area contributed by atoms with Crippen LogP contribution in [0.1, 0.15) is 26.7 Å². The molecule has 0 heterocycles. The predicted octanol–water partition coefficient (Wildman–Crippen LogP) is 3.45. The molecule has 1 aromatic carbocycles. The first-order valence-electron chi connectivity index (χ1n) is 5.72. The molecule has 17 heavy (non-hydrogen) atoms. The fourth-order valence-corrected chi connectivity index (χ4v) is 1.33. The molecule has 0 saturated heterocycles. The highest BCUT2D eigenvalue weighted by Crippen LogP contribution is 2.17. The van der Waals surface area contributed by atoms with Crippen molar-refractivity contribution in [3.05, 3.63) is 29.3 Å². The minimum absolute atomic E-state index is 0.339. The molecule has 0 fully saturated rings. The standard InChI is InChI=1S/C13H17ClO3/c1-3-4-9-16-13(15)10(2)17-12-7-5-11(14)6-8-12/h5-8,10H,3-4,9H2,1-2H3/t10-/m0/s1. The van der Waals surface area contributed by atoms with Gasteiger partial charge in [0.1, 0.15) is 5.75 Å². The van der Waals surface area contributed by atoms with Gasteiger partial charge in [-0.25, -0.2) is 4.79 Å². The first kappa shape index (κ1) is 13.8. The molecule has 3 nitrogen and oxygen atoms in total. The summed E-state index contributed by atoms with van der Waals surface area (Å²) in [6.45, 7) is 4.16. The Labute approximate surface area is 107 Å². The van der Waals surface area contributed by atoms with Crippen molar-refractivity contribution in [3.63, 3.8) is 0 Å². The maximum Gasteiger partial charge on any atom is 0.347 e. The van der Waals surface area contributed by atoms with E-state index in [4.69, 9.17) is 21.1 Å². The van der Waals surface area contributed by atoms with Gasteiger partial charge in [0, 0.05) is 5.02 Å². The van der Waals surface area contributed by atoms with Crippen molar-refractivity contribution in [2.75, 3.05) is 6.61 Å². The van der Waals surface area contributed by atoms with Crippen molar-refractivity contribution in [2.24, 2.45) is 0 Å². The second-order valence-corrected chi connectivity index (χ2v) is 4.17. The molecule has 0 unspecified atom stereocenters. The van der Waals surface area contributed by atoms with Crippen molar-refractivity contribution in [1.29, 1.82) is 0 Å². The molecule has 0 spiro atoms. The molecule has 0 aromatic heterocycles. The minimum atomic E-state index is -0.604. The summed E-state index contributed by atoms with van der Waals surface area (Å²) >= 11 is 5.75. The lowest BCUT2D eigenvalue weighted by atomic mass is 10.3. The summed E-state index contributed by atoms with van der Waals surface area (Å²) in [6, 6.07) is 6.87. The fraction of sp³-hybridized carbons (Fsp3) is 0.462. The van der Waals surface area contributed by atoms with E-state index in [2.05, 4.69) is 0 Å². The van der Waals surface area contributed by atoms with Gasteiger partial charge in [0.15, 0.2) is 6.10 Å². The normalized spacial score (nSPS) is 11.9. The second-order valence-electron chi connectivity index (χ2n) is 3.74. The first-order valence-corrected chi connectivity index (χ1v) is 6.10. The Balaban J connectivity index is 2.40. The Morgan fingerprint density at radius 3 is 2.59 bits per heavy atom. The second kappa shape index (κ2) is 7.17. The maximum absolute atomic E-state index is 11.5. The summed E-state index contributed by atoms with van der Waals surface area (Å²) in [7, 11) is 0. The number of benzene rings is 1. The predicted molar refractivity (Wildman–Crippen MR) is 67.4 cm³/mol. The van der Waals surface area contributed by atoms with Crippen LogP contribution in [0.4, 0.5) is 0 Å². The molecule has 0 bridgehead atoms. The molecule has 0 N–H and O–H groups in total. The van der Waals surface area contributed by atoms with E-state index in [9.17, 15) is 4.79 Å². The average molecular weight is 257 g/mol. The largest absolute Gasteiger partial charge is 0.479 e. The van der Waals surface area contributed by atoms with E-state index in [1.165, 1.54) is 0 Å². The van der Waals surface area contributed by atoms with Crippen LogP contribution in [0.2, 0.25) is 5.02 Å². The molecular formula is C13H17ClO3. The first-order chi connectivity index (χ1) is 8.13. The molecule has 4 heteroatoms. The van der Waals surface area contributed by atoms with Crippen LogP contribution in [0.15, 0.2) is 24.3 Å². The van der Waals surface area contributed by atoms with Gasteiger partial charge in [-0.1, -0.05) is 24.9 Å². The van der Waals surface area contributed by atoms with Gasteiger partial charge >= 0.3 is 5.97 Å². The van der Waals surface area contributed by atoms with Crippen LogP contribution >= 0.6 is 11.6 Å². The Kier molecular flexibility index (Phi) is 5.84. The topological polar surface area (TPSA) is 35.5 Å². The van der Waals surface area contributed by atoms with Gasteiger partial charge < -0.3 is 9.47 Å². The third-order valence-electron chi connectivity index (χ3n) is 2.20. The van der Waals surface area contributed by atoms with Crippen molar-refractivity contribution >= 4 is 17.6 Å². The van der Waals surface area contributed by atoms with E-state index >= 15 is 0 Å². The molecule has 0 aliphatic rings. The van der Waals surface area contributed by atoms with Crippen LogP contribution < -0.4 is 4.74 Å². The third-order valence-corrected chi connectivity index (χ3v) is 2.45. The van der Waals surface area contributed by atoms with Gasteiger partial charge in [-0.05, 0) is 37.6 Å². The van der Waals surface area contributed by atoms with Gasteiger partial charge in [-0.15, -0.1) is 0 Å². The zero-order valence-electron chi connectivity index (χ0n) is 10.1. The number of carbonyl (C=O) groups is 1. The molecule has 0 aliphatic heterocycles. The van der Waals surface area contributed by atoms with Crippen LogP contribution in [0.3, 0.4) is 0 Å². The summed E-state index contributed by atoms with van der Waals surface area (Å²) in [5, 5.41) is 0.635. The van der Waals surface area contributed by atoms with Crippen LogP contribution in [0.25, 0.3) is 0 Å². The number of unbranched alkanes of at least 4 members (excludes halogenated alkanes) is 1. The lowest BCUT2D eigenvalue weighted by Gasteiger charge is -2.13. The lowest BCUT2D eigenvalue weighted by molar-refractivity contribution is -0.151. The van der Waals surface area contributed by atoms with Crippen molar-refractivity contribution in [2.45, 2.75) is 32.8 Å². The van der Waals surface area contributed by atoms with Gasteiger partial charge in [-0.3, -0.25) is 0 Å². The number of hydrogen-bond donors (Lipinski definition) is 0. The average Bonchev–Trinajstić information content (AvgIpc) is 2.32. The molecule has 94 valence electrons. The van der Waals surface area contributed by atoms with Crippen LogP contribution in [-0.2, 0) is 9.53 Å². The molecule has 1 atom stereocenters. The minimum Gasteiger partial charge on any atom is -0.479 e. The van der Waals surface area contributed by atoms with Gasteiger partial charge in [0.25, 0.3) is 0 Å².